The second-order valence-electron chi connectivity index (χ2n) is 3.32. The van der Waals surface area contributed by atoms with Crippen LogP contribution in [0.15, 0.2) is 36.8 Å². The highest BCUT2D eigenvalue weighted by Crippen LogP contribution is 2.16. The van der Waals surface area contributed by atoms with Crippen LogP contribution in [-0.2, 0) is 6.61 Å². The smallest absolute Gasteiger partial charge is 0.139 e. The van der Waals surface area contributed by atoms with E-state index in [-0.39, 0.29) is 0 Å². The number of nitrogens with two attached hydrogens (primary N) is 1. The number of nitrogens with one attached hydrogen (secondary N) is 1. The van der Waals surface area contributed by atoms with E-state index in [4.69, 9.17) is 22.2 Å². The lowest BCUT2D eigenvalue weighted by Gasteiger charge is -2.06. The Morgan fingerprint density at radius 3 is 2.82 bits per heavy atom. The standard InChI is InChI=1S/C11H11ClN4O/c12-9-3-10(6-14-5-9)17-7-8-1-2-11(16-13)15-4-8/h1-6H,7,13H2,(H,15,16). The van der Waals surface area contributed by atoms with Gasteiger partial charge in [-0.2, -0.15) is 0 Å². The quantitative estimate of drug-likeness (QED) is 0.641. The average Bonchev–Trinajstić information content (AvgIpc) is 2.37. The van der Waals surface area contributed by atoms with Crippen molar-refractivity contribution < 1.29 is 4.74 Å². The summed E-state index contributed by atoms with van der Waals surface area (Å²) in [5.41, 5.74) is 3.39. The molecule has 0 atom stereocenters. The first kappa shape index (κ1) is 11.6. The van der Waals surface area contributed by atoms with Crippen molar-refractivity contribution in [1.82, 2.24) is 9.97 Å². The summed E-state index contributed by atoms with van der Waals surface area (Å²) in [6.07, 6.45) is 4.85. The van der Waals surface area contributed by atoms with Gasteiger partial charge in [-0.3, -0.25) is 4.98 Å². The number of hydrazine groups is 1. The van der Waals surface area contributed by atoms with Crippen LogP contribution in [0.1, 0.15) is 5.56 Å². The van der Waals surface area contributed by atoms with Gasteiger partial charge in [0.15, 0.2) is 0 Å². The van der Waals surface area contributed by atoms with E-state index in [1.807, 2.05) is 6.07 Å². The Morgan fingerprint density at radius 2 is 2.18 bits per heavy atom. The SMILES string of the molecule is NNc1ccc(COc2cncc(Cl)c2)cn1. The van der Waals surface area contributed by atoms with Crippen LogP contribution >= 0.6 is 11.6 Å². The number of pyridine rings is 2. The Kier molecular flexibility index (Phi) is 3.74. The van der Waals surface area contributed by atoms with Crippen molar-refractivity contribution in [2.75, 3.05) is 5.43 Å². The van der Waals surface area contributed by atoms with Crippen LogP contribution < -0.4 is 16.0 Å². The Balaban J connectivity index is 1.97. The van der Waals surface area contributed by atoms with Gasteiger partial charge in [0.2, 0.25) is 0 Å². The summed E-state index contributed by atoms with van der Waals surface area (Å²) in [6, 6.07) is 5.35. The molecule has 0 bridgehead atoms. The van der Waals surface area contributed by atoms with Crippen molar-refractivity contribution in [2.24, 2.45) is 5.84 Å². The molecule has 88 valence electrons. The molecule has 2 aromatic rings. The number of hydrogen-bond acceptors (Lipinski definition) is 5. The minimum atomic E-state index is 0.403. The van der Waals surface area contributed by atoms with E-state index in [0.29, 0.717) is 23.2 Å². The van der Waals surface area contributed by atoms with Crippen LogP contribution in [0.3, 0.4) is 0 Å². The normalized spacial score (nSPS) is 10.0. The second kappa shape index (κ2) is 5.47. The topological polar surface area (TPSA) is 73.1 Å². The molecule has 0 aliphatic carbocycles. The monoisotopic (exact) mass is 250 g/mol. The molecular weight excluding hydrogens is 240 g/mol. The van der Waals surface area contributed by atoms with Gasteiger partial charge in [0.1, 0.15) is 18.2 Å². The largest absolute Gasteiger partial charge is 0.487 e. The molecule has 5 nitrogen and oxygen atoms in total. The van der Waals surface area contributed by atoms with Crippen molar-refractivity contribution in [3.63, 3.8) is 0 Å². The number of ether oxygens (including phenoxy) is 1. The summed E-state index contributed by atoms with van der Waals surface area (Å²) in [7, 11) is 0. The molecule has 0 radical (unpaired) electrons. The van der Waals surface area contributed by atoms with E-state index in [9.17, 15) is 0 Å². The fraction of sp³-hybridized carbons (Fsp3) is 0.0909. The van der Waals surface area contributed by atoms with E-state index in [0.717, 1.165) is 5.56 Å². The first-order valence-corrected chi connectivity index (χ1v) is 5.30. The Hall–Kier alpha value is -1.85. The van der Waals surface area contributed by atoms with Gasteiger partial charge in [-0.25, -0.2) is 10.8 Å². The lowest BCUT2D eigenvalue weighted by Crippen LogP contribution is -2.08. The van der Waals surface area contributed by atoms with Crippen molar-refractivity contribution in [2.45, 2.75) is 6.61 Å². The molecule has 3 N–H and O–H groups in total. The Morgan fingerprint density at radius 1 is 1.29 bits per heavy atom. The second-order valence-corrected chi connectivity index (χ2v) is 3.76. The van der Waals surface area contributed by atoms with Crippen LogP contribution in [0.5, 0.6) is 5.75 Å². The molecule has 6 heteroatoms. The number of rotatable bonds is 4. The molecule has 17 heavy (non-hydrogen) atoms. The molecule has 0 spiro atoms. The molecule has 2 rings (SSSR count). The van der Waals surface area contributed by atoms with Crippen LogP contribution in [-0.4, -0.2) is 9.97 Å². The zero-order chi connectivity index (χ0) is 12.1. The van der Waals surface area contributed by atoms with E-state index < -0.39 is 0 Å². The summed E-state index contributed by atoms with van der Waals surface area (Å²) in [6.45, 7) is 0.403. The molecule has 2 heterocycles. The van der Waals surface area contributed by atoms with Gasteiger partial charge in [0.25, 0.3) is 0 Å². The zero-order valence-electron chi connectivity index (χ0n) is 8.93. The summed E-state index contributed by atoms with van der Waals surface area (Å²) < 4.78 is 5.51. The van der Waals surface area contributed by atoms with Crippen LogP contribution in [0.25, 0.3) is 0 Å². The molecule has 0 saturated carbocycles. The molecule has 0 amide bonds. The van der Waals surface area contributed by atoms with E-state index in [1.165, 1.54) is 0 Å². The van der Waals surface area contributed by atoms with Crippen molar-refractivity contribution in [3.8, 4) is 5.75 Å². The molecular formula is C11H11ClN4O. The highest BCUT2D eigenvalue weighted by molar-refractivity contribution is 6.30. The minimum Gasteiger partial charge on any atom is -0.487 e. The van der Waals surface area contributed by atoms with E-state index >= 15 is 0 Å². The van der Waals surface area contributed by atoms with E-state index in [1.54, 1.807) is 30.7 Å². The van der Waals surface area contributed by atoms with Crippen molar-refractivity contribution in [1.29, 1.82) is 0 Å². The summed E-state index contributed by atoms with van der Waals surface area (Å²) in [4.78, 5) is 7.99. The predicted molar refractivity (Wildman–Crippen MR) is 65.6 cm³/mol. The van der Waals surface area contributed by atoms with Gasteiger partial charge in [-0.05, 0) is 6.07 Å². The lowest BCUT2D eigenvalue weighted by molar-refractivity contribution is 0.304. The first-order valence-electron chi connectivity index (χ1n) is 4.93. The summed E-state index contributed by atoms with van der Waals surface area (Å²) >= 11 is 5.79. The van der Waals surface area contributed by atoms with Crippen LogP contribution in [0, 0.1) is 0 Å². The molecule has 0 saturated heterocycles. The van der Waals surface area contributed by atoms with Crippen molar-refractivity contribution >= 4 is 17.4 Å². The maximum absolute atomic E-state index is 5.79. The molecule has 0 unspecified atom stereocenters. The number of aromatic nitrogens is 2. The Labute approximate surface area is 104 Å². The third-order valence-corrected chi connectivity index (χ3v) is 2.26. The number of halogens is 1. The highest BCUT2D eigenvalue weighted by Gasteiger charge is 1.98. The predicted octanol–water partition coefficient (Wildman–Crippen LogP) is 1.99. The van der Waals surface area contributed by atoms with Gasteiger partial charge < -0.3 is 10.2 Å². The number of anilines is 1. The third-order valence-electron chi connectivity index (χ3n) is 2.06. The van der Waals surface area contributed by atoms with Gasteiger partial charge in [0.05, 0.1) is 11.2 Å². The van der Waals surface area contributed by atoms with Gasteiger partial charge in [-0.15, -0.1) is 0 Å². The number of hydrogen-bond donors (Lipinski definition) is 2. The fourth-order valence-electron chi connectivity index (χ4n) is 1.23. The lowest BCUT2D eigenvalue weighted by atomic mass is 10.3. The zero-order valence-corrected chi connectivity index (χ0v) is 9.69. The number of nitrogen functional groups attached to an aromatic ring is 1. The van der Waals surface area contributed by atoms with Crippen LogP contribution in [0.2, 0.25) is 5.02 Å². The summed E-state index contributed by atoms with van der Waals surface area (Å²) in [5.74, 6) is 6.45. The molecule has 0 fully saturated rings. The van der Waals surface area contributed by atoms with Gasteiger partial charge in [0, 0.05) is 24.0 Å². The third kappa shape index (κ3) is 3.30. The van der Waals surface area contributed by atoms with E-state index in [2.05, 4.69) is 15.4 Å². The van der Waals surface area contributed by atoms with Gasteiger partial charge in [-0.1, -0.05) is 17.7 Å². The maximum Gasteiger partial charge on any atom is 0.139 e. The Bertz CT molecular complexity index is 489. The summed E-state index contributed by atoms with van der Waals surface area (Å²) in [5, 5.41) is 0.545. The highest BCUT2D eigenvalue weighted by atomic mass is 35.5. The molecule has 2 aromatic heterocycles. The average molecular weight is 251 g/mol. The fourth-order valence-corrected chi connectivity index (χ4v) is 1.40. The maximum atomic E-state index is 5.79. The molecule has 0 aromatic carbocycles. The molecule has 0 aliphatic heterocycles. The van der Waals surface area contributed by atoms with Gasteiger partial charge >= 0.3 is 0 Å². The first-order chi connectivity index (χ1) is 8.28. The van der Waals surface area contributed by atoms with Crippen molar-refractivity contribution in [3.05, 3.63) is 47.4 Å². The molecule has 0 aliphatic rings. The minimum absolute atomic E-state index is 0.403. The number of nitrogens with zero attached hydrogens (tertiary/aromatic N) is 2. The van der Waals surface area contributed by atoms with Crippen LogP contribution in [0.4, 0.5) is 5.82 Å².